The Labute approximate surface area is 89.0 Å². The molecule has 0 aromatic heterocycles. The number of alkyl halides is 1. The highest BCUT2D eigenvalue weighted by Crippen LogP contribution is 2.27. The number of amides is 1. The Bertz CT molecular complexity index is 180. The van der Waals surface area contributed by atoms with Gasteiger partial charge in [-0.15, -0.1) is 23.4 Å². The molecule has 1 fully saturated rings. The van der Waals surface area contributed by atoms with Gasteiger partial charge in [-0.2, -0.15) is 0 Å². The molecule has 1 aliphatic rings. The second-order valence-electron chi connectivity index (χ2n) is 3.50. The van der Waals surface area contributed by atoms with Crippen molar-refractivity contribution in [2.75, 3.05) is 19.3 Å². The number of rotatable bonds is 3. The third-order valence-electron chi connectivity index (χ3n) is 2.11. The van der Waals surface area contributed by atoms with Crippen molar-refractivity contribution in [1.29, 1.82) is 0 Å². The van der Waals surface area contributed by atoms with Gasteiger partial charge in [-0.1, -0.05) is 0 Å². The van der Waals surface area contributed by atoms with Crippen molar-refractivity contribution >= 4 is 29.3 Å². The molecule has 2 atom stereocenters. The number of hydrogen-bond acceptors (Lipinski definition) is 2. The molecule has 76 valence electrons. The van der Waals surface area contributed by atoms with E-state index in [0.29, 0.717) is 6.54 Å². The SMILES string of the molecule is CC(Cl)CN(C)C(=O)C1CCCS1. The second-order valence-corrected chi connectivity index (χ2v) is 5.56. The molecule has 1 heterocycles. The Morgan fingerprint density at radius 1 is 1.77 bits per heavy atom. The van der Waals surface area contributed by atoms with E-state index in [1.54, 1.807) is 16.7 Å². The van der Waals surface area contributed by atoms with Crippen molar-refractivity contribution in [2.45, 2.75) is 30.4 Å². The first-order chi connectivity index (χ1) is 6.11. The van der Waals surface area contributed by atoms with Gasteiger partial charge >= 0.3 is 0 Å². The van der Waals surface area contributed by atoms with Crippen LogP contribution >= 0.6 is 23.4 Å². The smallest absolute Gasteiger partial charge is 0.235 e. The molecule has 0 bridgehead atoms. The standard InChI is InChI=1S/C9H16ClNOS/c1-7(10)6-11(2)9(12)8-4-3-5-13-8/h7-8H,3-6H2,1-2H3. The molecule has 4 heteroatoms. The summed E-state index contributed by atoms with van der Waals surface area (Å²) in [6, 6.07) is 0. The van der Waals surface area contributed by atoms with E-state index in [0.717, 1.165) is 12.2 Å². The molecule has 0 aromatic carbocycles. The Balaban J connectivity index is 2.36. The molecule has 2 unspecified atom stereocenters. The topological polar surface area (TPSA) is 20.3 Å². The van der Waals surface area contributed by atoms with Gasteiger partial charge in [0.05, 0.1) is 5.25 Å². The lowest BCUT2D eigenvalue weighted by atomic mass is 10.2. The van der Waals surface area contributed by atoms with E-state index >= 15 is 0 Å². The molecule has 0 N–H and O–H groups in total. The Kier molecular flexibility index (Phi) is 4.39. The van der Waals surface area contributed by atoms with Gasteiger partial charge in [-0.25, -0.2) is 0 Å². The van der Waals surface area contributed by atoms with Gasteiger partial charge < -0.3 is 4.90 Å². The predicted molar refractivity (Wildman–Crippen MR) is 58.4 cm³/mol. The minimum atomic E-state index is 0.0420. The highest BCUT2D eigenvalue weighted by atomic mass is 35.5. The van der Waals surface area contributed by atoms with E-state index in [1.807, 2.05) is 14.0 Å². The first-order valence-electron chi connectivity index (χ1n) is 4.62. The molecule has 1 rings (SSSR count). The summed E-state index contributed by atoms with van der Waals surface area (Å²) in [5.41, 5.74) is 0. The Morgan fingerprint density at radius 3 is 2.92 bits per heavy atom. The summed E-state index contributed by atoms with van der Waals surface area (Å²) in [7, 11) is 1.83. The molecule has 13 heavy (non-hydrogen) atoms. The van der Waals surface area contributed by atoms with Crippen molar-refractivity contribution in [3.8, 4) is 0 Å². The van der Waals surface area contributed by atoms with Crippen molar-refractivity contribution in [1.82, 2.24) is 4.90 Å². The molecular weight excluding hydrogens is 206 g/mol. The first-order valence-corrected chi connectivity index (χ1v) is 6.10. The zero-order chi connectivity index (χ0) is 9.84. The summed E-state index contributed by atoms with van der Waals surface area (Å²) in [6.07, 6.45) is 2.20. The van der Waals surface area contributed by atoms with Gasteiger partial charge in [0, 0.05) is 19.0 Å². The fraction of sp³-hybridized carbons (Fsp3) is 0.889. The van der Waals surface area contributed by atoms with Crippen LogP contribution in [0, 0.1) is 0 Å². The van der Waals surface area contributed by atoms with Gasteiger partial charge in [-0.05, 0) is 25.5 Å². The van der Waals surface area contributed by atoms with E-state index in [4.69, 9.17) is 11.6 Å². The molecule has 0 aliphatic carbocycles. The third kappa shape index (κ3) is 3.39. The molecule has 0 radical (unpaired) electrons. The van der Waals surface area contributed by atoms with Crippen LogP contribution in [-0.4, -0.2) is 40.8 Å². The summed E-state index contributed by atoms with van der Waals surface area (Å²) in [6.45, 7) is 2.56. The largest absolute Gasteiger partial charge is 0.343 e. The van der Waals surface area contributed by atoms with Crippen LogP contribution in [0.25, 0.3) is 0 Å². The summed E-state index contributed by atoms with van der Waals surface area (Å²) < 4.78 is 0. The summed E-state index contributed by atoms with van der Waals surface area (Å²) >= 11 is 7.59. The molecule has 2 nitrogen and oxygen atoms in total. The monoisotopic (exact) mass is 221 g/mol. The minimum Gasteiger partial charge on any atom is -0.343 e. The van der Waals surface area contributed by atoms with Crippen molar-refractivity contribution in [2.24, 2.45) is 0 Å². The van der Waals surface area contributed by atoms with E-state index in [9.17, 15) is 4.79 Å². The third-order valence-corrected chi connectivity index (χ3v) is 3.61. The molecule has 1 amide bonds. The van der Waals surface area contributed by atoms with Gasteiger partial charge in [-0.3, -0.25) is 4.79 Å². The van der Waals surface area contributed by atoms with Gasteiger partial charge in [0.2, 0.25) is 5.91 Å². The van der Waals surface area contributed by atoms with Gasteiger partial charge in [0.25, 0.3) is 0 Å². The quantitative estimate of drug-likeness (QED) is 0.680. The maximum Gasteiger partial charge on any atom is 0.235 e. The Hall–Kier alpha value is 0.110. The normalized spacial score (nSPS) is 24.4. The van der Waals surface area contributed by atoms with Crippen molar-refractivity contribution < 1.29 is 4.79 Å². The molecular formula is C9H16ClNOS. The maximum absolute atomic E-state index is 11.7. The van der Waals surface area contributed by atoms with Gasteiger partial charge in [0.1, 0.15) is 0 Å². The van der Waals surface area contributed by atoms with Crippen LogP contribution < -0.4 is 0 Å². The average molecular weight is 222 g/mol. The van der Waals surface area contributed by atoms with Crippen molar-refractivity contribution in [3.05, 3.63) is 0 Å². The summed E-state index contributed by atoms with van der Waals surface area (Å²) in [4.78, 5) is 13.5. The first kappa shape index (κ1) is 11.2. The van der Waals surface area contributed by atoms with Crippen LogP contribution in [0.5, 0.6) is 0 Å². The lowest BCUT2D eigenvalue weighted by molar-refractivity contribution is -0.129. The van der Waals surface area contributed by atoms with Crippen molar-refractivity contribution in [3.63, 3.8) is 0 Å². The van der Waals surface area contributed by atoms with E-state index < -0.39 is 0 Å². The number of hydrogen-bond donors (Lipinski definition) is 0. The second kappa shape index (κ2) is 5.11. The molecule has 0 spiro atoms. The number of carbonyl (C=O) groups is 1. The minimum absolute atomic E-state index is 0.0420. The number of carbonyl (C=O) groups excluding carboxylic acids is 1. The molecule has 1 aliphatic heterocycles. The van der Waals surface area contributed by atoms with Crippen LogP contribution in [0.2, 0.25) is 0 Å². The lowest BCUT2D eigenvalue weighted by Gasteiger charge is -2.21. The fourth-order valence-electron chi connectivity index (χ4n) is 1.49. The summed E-state index contributed by atoms with van der Waals surface area (Å²) in [5.74, 6) is 1.37. The number of thioether (sulfide) groups is 1. The van der Waals surface area contributed by atoms with Crippen LogP contribution in [0.4, 0.5) is 0 Å². The van der Waals surface area contributed by atoms with E-state index in [1.165, 1.54) is 6.42 Å². The summed E-state index contributed by atoms with van der Waals surface area (Å²) in [5, 5.41) is 0.237. The fourth-order valence-corrected chi connectivity index (χ4v) is 2.97. The highest BCUT2D eigenvalue weighted by Gasteiger charge is 2.26. The zero-order valence-electron chi connectivity index (χ0n) is 8.12. The average Bonchev–Trinajstić information content (AvgIpc) is 2.53. The zero-order valence-corrected chi connectivity index (χ0v) is 9.70. The number of nitrogens with zero attached hydrogens (tertiary/aromatic N) is 1. The van der Waals surface area contributed by atoms with Crippen LogP contribution in [0.15, 0.2) is 0 Å². The maximum atomic E-state index is 11.7. The van der Waals surface area contributed by atoms with E-state index in [2.05, 4.69) is 0 Å². The number of halogens is 1. The predicted octanol–water partition coefficient (Wildman–Crippen LogP) is 1.97. The lowest BCUT2D eigenvalue weighted by Crippen LogP contribution is -2.36. The molecule has 0 saturated carbocycles. The van der Waals surface area contributed by atoms with Crippen LogP contribution in [-0.2, 0) is 4.79 Å². The van der Waals surface area contributed by atoms with Crippen LogP contribution in [0.1, 0.15) is 19.8 Å². The highest BCUT2D eigenvalue weighted by molar-refractivity contribution is 8.00. The molecule has 1 saturated heterocycles. The molecule has 0 aromatic rings. The van der Waals surface area contributed by atoms with Gasteiger partial charge in [0.15, 0.2) is 0 Å². The van der Waals surface area contributed by atoms with Crippen LogP contribution in [0.3, 0.4) is 0 Å². The Morgan fingerprint density at radius 2 is 2.46 bits per heavy atom. The van der Waals surface area contributed by atoms with E-state index in [-0.39, 0.29) is 16.5 Å².